The number of rotatable bonds is 12. The van der Waals surface area contributed by atoms with E-state index in [4.69, 9.17) is 8.83 Å². The van der Waals surface area contributed by atoms with Gasteiger partial charge in [0.25, 0.3) is 0 Å². The summed E-state index contributed by atoms with van der Waals surface area (Å²) in [7, 11) is 0. The SMILES string of the molecule is CCc1ccc(N(c2cc3c(c4ccccc24)-c2c(cc(N(c4ccc(CC)cc4)c4cccc5c4oc4c(-c6ccccc6)cccc45)c4ccccc24)C3(c2ccccc2)c2ccccc2)c2cccc3c2oc2c(-c4ccccc4)cccc23)cc1. The number of aryl methyl sites for hydroxylation is 2. The summed E-state index contributed by atoms with van der Waals surface area (Å²) in [4.78, 5) is 4.95. The number of benzene rings is 14. The number of hydrogen-bond acceptors (Lipinski definition) is 4. The van der Waals surface area contributed by atoms with Crippen molar-refractivity contribution in [3.8, 4) is 33.4 Å². The van der Waals surface area contributed by atoms with Crippen molar-refractivity contribution in [3.63, 3.8) is 0 Å². The van der Waals surface area contributed by atoms with Gasteiger partial charge in [-0.25, -0.2) is 0 Å². The number of nitrogens with zero attached hydrogens (tertiary/aromatic N) is 2. The van der Waals surface area contributed by atoms with Crippen molar-refractivity contribution in [3.05, 3.63) is 337 Å². The molecule has 0 spiro atoms. The zero-order valence-electron chi connectivity index (χ0n) is 49.5. The van der Waals surface area contributed by atoms with Crippen molar-refractivity contribution in [2.24, 2.45) is 0 Å². The molecule has 89 heavy (non-hydrogen) atoms. The summed E-state index contributed by atoms with van der Waals surface area (Å²) >= 11 is 0. The van der Waals surface area contributed by atoms with Crippen LogP contribution in [0.4, 0.5) is 34.1 Å². The van der Waals surface area contributed by atoms with Crippen LogP contribution in [0.5, 0.6) is 0 Å². The number of anilines is 6. The van der Waals surface area contributed by atoms with Crippen molar-refractivity contribution in [1.29, 1.82) is 0 Å². The molecule has 422 valence electrons. The molecule has 16 aromatic rings. The first-order valence-electron chi connectivity index (χ1n) is 31.1. The van der Waals surface area contributed by atoms with E-state index in [-0.39, 0.29) is 0 Å². The summed E-state index contributed by atoms with van der Waals surface area (Å²) in [6, 6.07) is 112. The van der Waals surface area contributed by atoms with E-state index < -0.39 is 5.41 Å². The van der Waals surface area contributed by atoms with Gasteiger partial charge < -0.3 is 18.6 Å². The maximum Gasteiger partial charge on any atom is 0.159 e. The van der Waals surface area contributed by atoms with E-state index in [1.807, 2.05) is 0 Å². The lowest BCUT2D eigenvalue weighted by atomic mass is 9.67. The van der Waals surface area contributed by atoms with Crippen LogP contribution in [0.25, 0.3) is 98.8 Å². The van der Waals surface area contributed by atoms with Crippen LogP contribution < -0.4 is 9.80 Å². The van der Waals surface area contributed by atoms with E-state index in [0.717, 1.165) is 124 Å². The number of furan rings is 2. The van der Waals surface area contributed by atoms with Crippen molar-refractivity contribution in [2.45, 2.75) is 32.1 Å². The van der Waals surface area contributed by atoms with Gasteiger partial charge in [-0.2, -0.15) is 0 Å². The van der Waals surface area contributed by atoms with Gasteiger partial charge in [0.15, 0.2) is 11.2 Å². The molecule has 2 heterocycles. The van der Waals surface area contributed by atoms with Crippen LogP contribution in [-0.2, 0) is 18.3 Å². The molecule has 14 aromatic carbocycles. The lowest BCUT2D eigenvalue weighted by molar-refractivity contribution is 0.670. The summed E-state index contributed by atoms with van der Waals surface area (Å²) in [5, 5.41) is 8.88. The fourth-order valence-corrected chi connectivity index (χ4v) is 14.8. The predicted molar refractivity (Wildman–Crippen MR) is 372 cm³/mol. The summed E-state index contributed by atoms with van der Waals surface area (Å²) < 4.78 is 14.7. The summed E-state index contributed by atoms with van der Waals surface area (Å²) in [6.45, 7) is 4.45. The van der Waals surface area contributed by atoms with Crippen LogP contribution in [0, 0.1) is 0 Å². The third-order valence-corrected chi connectivity index (χ3v) is 18.9. The van der Waals surface area contributed by atoms with Gasteiger partial charge in [0.2, 0.25) is 0 Å². The Bertz CT molecular complexity index is 5040. The molecule has 1 aliphatic rings. The molecule has 0 radical (unpaired) electrons. The first-order valence-corrected chi connectivity index (χ1v) is 31.1. The largest absolute Gasteiger partial charge is 0.453 e. The second kappa shape index (κ2) is 21.0. The Hall–Kier alpha value is -11.2. The van der Waals surface area contributed by atoms with Gasteiger partial charge in [-0.15, -0.1) is 0 Å². The summed E-state index contributed by atoms with van der Waals surface area (Å²) in [5.74, 6) is 0. The Labute approximate surface area is 517 Å². The Morgan fingerprint density at radius 3 is 0.989 bits per heavy atom. The molecule has 0 bridgehead atoms. The quantitative estimate of drug-likeness (QED) is 0.122. The molecule has 0 atom stereocenters. The number of hydrogen-bond donors (Lipinski definition) is 0. The molecule has 0 saturated heterocycles. The highest BCUT2D eigenvalue weighted by atomic mass is 16.3. The molecule has 0 aliphatic heterocycles. The lowest BCUT2D eigenvalue weighted by Crippen LogP contribution is -2.29. The van der Waals surface area contributed by atoms with Crippen LogP contribution in [-0.4, -0.2) is 0 Å². The van der Waals surface area contributed by atoms with Crippen molar-refractivity contribution in [2.75, 3.05) is 9.80 Å². The summed E-state index contributed by atoms with van der Waals surface area (Å²) in [5.41, 5.74) is 22.7. The predicted octanol–water partition coefficient (Wildman–Crippen LogP) is 23.6. The highest BCUT2D eigenvalue weighted by Gasteiger charge is 2.49. The molecule has 0 fully saturated rings. The molecule has 1 aliphatic carbocycles. The minimum Gasteiger partial charge on any atom is -0.453 e. The van der Waals surface area contributed by atoms with Crippen LogP contribution >= 0.6 is 0 Å². The normalized spacial score (nSPS) is 12.6. The standard InChI is InChI=1S/C85H60N2O2/c1-3-55-45-49-61(50-46-55)86(75-43-23-41-71-69-39-21-37-63(81(69)88-83(71)75)57-25-9-5-10-26-57)77-53-73-79(67-35-19-17-33-65(67)77)80-68-36-20-18-34-66(68)78(54-74(80)85(73,59-29-13-7-14-30-59)60-31-15-8-16-32-60)87(62-51-47-56(4-2)48-52-62)76-44-24-42-72-70-40-22-38-64(82(70)89-84(72)76)58-27-11-6-12-28-58/h5-54H,3-4H2,1-2H3. The maximum absolute atomic E-state index is 7.36. The average Bonchev–Trinajstić information content (AvgIpc) is 1.56. The van der Waals surface area contributed by atoms with Crippen molar-refractivity contribution < 1.29 is 8.83 Å². The van der Waals surface area contributed by atoms with Crippen LogP contribution in [0.3, 0.4) is 0 Å². The molecule has 0 amide bonds. The molecule has 17 rings (SSSR count). The van der Waals surface area contributed by atoms with E-state index >= 15 is 0 Å². The fourth-order valence-electron chi connectivity index (χ4n) is 14.8. The number of para-hydroxylation sites is 4. The number of fused-ring (bicyclic) bond motifs is 13. The molecular formula is C85H60N2O2. The van der Waals surface area contributed by atoms with Gasteiger partial charge in [-0.3, -0.25) is 0 Å². The fraction of sp³-hybridized carbons (Fsp3) is 0.0588. The smallest absolute Gasteiger partial charge is 0.159 e. The van der Waals surface area contributed by atoms with Gasteiger partial charge in [0.05, 0.1) is 28.2 Å². The minimum atomic E-state index is -0.855. The van der Waals surface area contributed by atoms with Crippen molar-refractivity contribution >= 4 is 99.5 Å². The average molecular weight is 1140 g/mol. The van der Waals surface area contributed by atoms with Gasteiger partial charge >= 0.3 is 0 Å². The van der Waals surface area contributed by atoms with Crippen LogP contribution in [0.2, 0.25) is 0 Å². The first kappa shape index (κ1) is 52.2. The third kappa shape index (κ3) is 8.07. The molecule has 0 N–H and O–H groups in total. The van der Waals surface area contributed by atoms with Gasteiger partial charge in [0.1, 0.15) is 11.2 Å². The molecule has 0 unspecified atom stereocenters. The topological polar surface area (TPSA) is 32.8 Å². The Morgan fingerprint density at radius 2 is 0.607 bits per heavy atom. The zero-order chi connectivity index (χ0) is 59.2. The monoisotopic (exact) mass is 1140 g/mol. The van der Waals surface area contributed by atoms with Crippen molar-refractivity contribution in [1.82, 2.24) is 0 Å². The van der Waals surface area contributed by atoms with Gasteiger partial charge in [0, 0.05) is 54.8 Å². The highest BCUT2D eigenvalue weighted by Crippen LogP contribution is 2.63. The Balaban J connectivity index is 0.987. The van der Waals surface area contributed by atoms with E-state index in [0.29, 0.717) is 0 Å². The molecular weight excluding hydrogens is 1080 g/mol. The molecule has 4 heteroatoms. The van der Waals surface area contributed by atoms with E-state index in [9.17, 15) is 0 Å². The first-order chi connectivity index (χ1) is 44.1. The van der Waals surface area contributed by atoms with Crippen LogP contribution in [0.15, 0.2) is 312 Å². The second-order valence-electron chi connectivity index (χ2n) is 23.5. The third-order valence-electron chi connectivity index (χ3n) is 18.9. The second-order valence-corrected chi connectivity index (χ2v) is 23.5. The minimum absolute atomic E-state index is 0.828. The summed E-state index contributed by atoms with van der Waals surface area (Å²) in [6.07, 6.45) is 1.86. The van der Waals surface area contributed by atoms with E-state index in [1.54, 1.807) is 0 Å². The zero-order valence-corrected chi connectivity index (χ0v) is 49.5. The molecule has 0 saturated carbocycles. The van der Waals surface area contributed by atoms with E-state index in [2.05, 4.69) is 327 Å². The highest BCUT2D eigenvalue weighted by molar-refractivity contribution is 6.21. The lowest BCUT2D eigenvalue weighted by Gasteiger charge is -2.36. The Kier molecular flexibility index (Phi) is 12.3. The Morgan fingerprint density at radius 1 is 0.281 bits per heavy atom. The molecule has 4 nitrogen and oxygen atoms in total. The van der Waals surface area contributed by atoms with Gasteiger partial charge in [-0.05, 0) is 128 Å². The van der Waals surface area contributed by atoms with E-state index in [1.165, 1.54) is 55.3 Å². The molecule has 2 aromatic heterocycles. The maximum atomic E-state index is 7.36. The van der Waals surface area contributed by atoms with Gasteiger partial charge in [-0.1, -0.05) is 269 Å². The van der Waals surface area contributed by atoms with Crippen LogP contribution in [0.1, 0.15) is 47.2 Å².